The van der Waals surface area contributed by atoms with Gasteiger partial charge in [-0.25, -0.2) is 8.42 Å². The number of methoxy groups -OCH3 is 2. The van der Waals surface area contributed by atoms with E-state index in [0.717, 1.165) is 14.9 Å². The number of carbonyl (C=O) groups is 1. The Labute approximate surface area is 178 Å². The average molecular weight is 461 g/mol. The summed E-state index contributed by atoms with van der Waals surface area (Å²) < 4.78 is 37.1. The van der Waals surface area contributed by atoms with Gasteiger partial charge < -0.3 is 9.47 Å². The molecule has 1 N–H and O–H groups in total. The normalized spacial score (nSPS) is 12.5. The predicted octanol–water partition coefficient (Wildman–Crippen LogP) is 2.85. The number of rotatable bonds is 9. The Bertz CT molecular complexity index is 962. The summed E-state index contributed by atoms with van der Waals surface area (Å²) in [5, 5.41) is 11.2. The van der Waals surface area contributed by atoms with Gasteiger partial charge in [0.05, 0.1) is 26.2 Å². The number of nitrogens with one attached hydrogen (secondary N) is 1. The highest BCUT2D eigenvalue weighted by Gasteiger charge is 2.30. The van der Waals surface area contributed by atoms with Crippen LogP contribution in [0.2, 0.25) is 0 Å². The maximum atomic E-state index is 12.7. The summed E-state index contributed by atoms with van der Waals surface area (Å²) in [6.07, 6.45) is 1.04. The molecule has 1 atom stereocenters. The van der Waals surface area contributed by atoms with Crippen LogP contribution in [-0.2, 0) is 14.8 Å². The summed E-state index contributed by atoms with van der Waals surface area (Å²) in [6, 6.07) is 3.60. The molecule has 2 aromatic rings. The van der Waals surface area contributed by atoms with E-state index in [1.807, 2.05) is 13.8 Å². The van der Waals surface area contributed by atoms with Crippen LogP contribution in [0, 0.1) is 0 Å². The van der Waals surface area contributed by atoms with E-state index in [2.05, 4.69) is 15.5 Å². The van der Waals surface area contributed by atoms with E-state index >= 15 is 0 Å². The molecule has 0 fully saturated rings. The quantitative estimate of drug-likeness (QED) is 0.449. The third kappa shape index (κ3) is 5.97. The van der Waals surface area contributed by atoms with Crippen molar-refractivity contribution in [1.29, 1.82) is 0 Å². The van der Waals surface area contributed by atoms with Crippen LogP contribution in [0.5, 0.6) is 11.5 Å². The van der Waals surface area contributed by atoms with Gasteiger partial charge in [-0.1, -0.05) is 36.9 Å². The maximum Gasteiger partial charge on any atom is 0.249 e. The smallest absolute Gasteiger partial charge is 0.249 e. The zero-order chi connectivity index (χ0) is 21.8. The molecule has 0 aliphatic carbocycles. The molecular formula is C17H24N4O5S3. The fourth-order valence-corrected chi connectivity index (χ4v) is 5.64. The Kier molecular flexibility index (Phi) is 7.72. The molecule has 1 aromatic carbocycles. The molecule has 0 saturated carbocycles. The number of anilines is 2. The van der Waals surface area contributed by atoms with Gasteiger partial charge in [-0.2, -0.15) is 0 Å². The number of sulfonamides is 1. The zero-order valence-corrected chi connectivity index (χ0v) is 19.4. The van der Waals surface area contributed by atoms with Gasteiger partial charge in [-0.15, -0.1) is 10.2 Å². The van der Waals surface area contributed by atoms with Crippen molar-refractivity contribution < 1.29 is 22.7 Å². The van der Waals surface area contributed by atoms with Gasteiger partial charge in [0.1, 0.15) is 6.04 Å². The summed E-state index contributed by atoms with van der Waals surface area (Å²) in [6.45, 7) is 5.55. The van der Waals surface area contributed by atoms with Crippen molar-refractivity contribution >= 4 is 49.8 Å². The first-order valence-electron chi connectivity index (χ1n) is 8.59. The summed E-state index contributed by atoms with van der Waals surface area (Å²) in [7, 11) is -0.839. The van der Waals surface area contributed by atoms with Crippen molar-refractivity contribution in [2.45, 2.75) is 36.4 Å². The van der Waals surface area contributed by atoms with E-state index in [1.54, 1.807) is 12.1 Å². The second-order valence-electron chi connectivity index (χ2n) is 6.30. The Balaban J connectivity index is 2.28. The molecule has 0 bridgehead atoms. The van der Waals surface area contributed by atoms with Gasteiger partial charge in [0.25, 0.3) is 0 Å². The minimum atomic E-state index is -3.77. The molecule has 2 rings (SSSR count). The lowest BCUT2D eigenvalue weighted by atomic mass is 10.2. The molecule has 0 radical (unpaired) electrons. The van der Waals surface area contributed by atoms with Crippen LogP contribution >= 0.6 is 23.1 Å². The topological polar surface area (TPSA) is 111 Å². The summed E-state index contributed by atoms with van der Waals surface area (Å²) in [5.41, 5.74) is 0.279. The van der Waals surface area contributed by atoms with Crippen molar-refractivity contribution in [3.8, 4) is 11.5 Å². The SMILES string of the molecule is COc1ccc(N([C@@H](C)C(=O)Nc2nnc(SC(C)C)s2)S(C)(=O)=O)cc1OC. The molecule has 29 heavy (non-hydrogen) atoms. The molecule has 1 aromatic heterocycles. The number of hydrogen-bond donors (Lipinski definition) is 1. The van der Waals surface area contributed by atoms with E-state index in [4.69, 9.17) is 9.47 Å². The predicted molar refractivity (Wildman–Crippen MR) is 116 cm³/mol. The standard InChI is InChI=1S/C17H24N4O5S3/c1-10(2)27-17-20-19-16(28-17)18-15(22)11(3)21(29(6,23)24)12-7-8-13(25-4)14(9-12)26-5/h7-11H,1-6H3,(H,18,19,22)/t11-/m0/s1. The van der Waals surface area contributed by atoms with Crippen molar-refractivity contribution in [3.63, 3.8) is 0 Å². The highest BCUT2D eigenvalue weighted by Crippen LogP contribution is 2.34. The van der Waals surface area contributed by atoms with E-state index in [-0.39, 0.29) is 5.69 Å². The molecule has 0 aliphatic rings. The number of ether oxygens (including phenoxy) is 2. The Morgan fingerprint density at radius 3 is 2.38 bits per heavy atom. The zero-order valence-electron chi connectivity index (χ0n) is 17.0. The molecule has 9 nitrogen and oxygen atoms in total. The van der Waals surface area contributed by atoms with E-state index in [0.29, 0.717) is 21.9 Å². The molecule has 0 unspecified atom stereocenters. The van der Waals surface area contributed by atoms with Gasteiger partial charge >= 0.3 is 0 Å². The van der Waals surface area contributed by atoms with Crippen molar-refractivity contribution in [1.82, 2.24) is 10.2 Å². The highest BCUT2D eigenvalue weighted by atomic mass is 32.2. The molecule has 0 spiro atoms. The third-order valence-electron chi connectivity index (χ3n) is 3.68. The van der Waals surface area contributed by atoms with Gasteiger partial charge in [-0.05, 0) is 19.1 Å². The number of hydrogen-bond acceptors (Lipinski definition) is 9. The van der Waals surface area contributed by atoms with Crippen LogP contribution in [0.4, 0.5) is 10.8 Å². The first-order chi connectivity index (χ1) is 13.6. The fraction of sp³-hybridized carbons (Fsp3) is 0.471. The minimum Gasteiger partial charge on any atom is -0.493 e. The Morgan fingerprint density at radius 1 is 1.17 bits per heavy atom. The molecule has 1 amide bonds. The van der Waals surface area contributed by atoms with Crippen molar-refractivity contribution in [2.24, 2.45) is 0 Å². The first-order valence-corrected chi connectivity index (χ1v) is 12.1. The van der Waals surface area contributed by atoms with E-state index in [1.165, 1.54) is 50.3 Å². The summed E-state index contributed by atoms with van der Waals surface area (Å²) >= 11 is 2.77. The summed E-state index contributed by atoms with van der Waals surface area (Å²) in [4.78, 5) is 12.7. The number of amides is 1. The Morgan fingerprint density at radius 2 is 1.83 bits per heavy atom. The minimum absolute atomic E-state index is 0.279. The molecule has 12 heteroatoms. The van der Waals surface area contributed by atoms with Crippen molar-refractivity contribution in [3.05, 3.63) is 18.2 Å². The third-order valence-corrected chi connectivity index (χ3v) is 6.85. The van der Waals surface area contributed by atoms with Gasteiger partial charge in [0.2, 0.25) is 21.1 Å². The van der Waals surface area contributed by atoms with E-state index < -0.39 is 22.0 Å². The average Bonchev–Trinajstić information content (AvgIpc) is 3.06. The number of benzene rings is 1. The van der Waals surface area contributed by atoms with Crippen molar-refractivity contribution in [2.75, 3.05) is 30.1 Å². The lowest BCUT2D eigenvalue weighted by Gasteiger charge is -2.28. The van der Waals surface area contributed by atoms with Gasteiger partial charge in [0, 0.05) is 11.3 Å². The number of carbonyl (C=O) groups excluding carboxylic acids is 1. The van der Waals surface area contributed by atoms with Crippen LogP contribution in [0.25, 0.3) is 0 Å². The highest BCUT2D eigenvalue weighted by molar-refractivity contribution is 8.01. The molecular weight excluding hydrogens is 436 g/mol. The van der Waals surface area contributed by atoms with Crippen LogP contribution in [0.3, 0.4) is 0 Å². The molecule has 0 saturated heterocycles. The summed E-state index contributed by atoms with van der Waals surface area (Å²) in [5.74, 6) is 0.277. The van der Waals surface area contributed by atoms with E-state index in [9.17, 15) is 13.2 Å². The molecule has 160 valence electrons. The van der Waals surface area contributed by atoms with Crippen LogP contribution in [-0.4, -0.2) is 56.3 Å². The Hall–Kier alpha value is -2.05. The molecule has 0 aliphatic heterocycles. The first kappa shape index (κ1) is 23.2. The van der Waals surface area contributed by atoms with Crippen LogP contribution in [0.1, 0.15) is 20.8 Å². The number of nitrogens with zero attached hydrogens (tertiary/aromatic N) is 3. The lowest BCUT2D eigenvalue weighted by molar-refractivity contribution is -0.116. The monoisotopic (exact) mass is 460 g/mol. The van der Waals surface area contributed by atoms with Crippen LogP contribution < -0.4 is 19.1 Å². The number of thioether (sulfide) groups is 1. The van der Waals surface area contributed by atoms with Gasteiger partial charge in [-0.3, -0.25) is 14.4 Å². The lowest BCUT2D eigenvalue weighted by Crippen LogP contribution is -2.45. The second-order valence-corrected chi connectivity index (χ2v) is 11.0. The molecule has 1 heterocycles. The fourth-order valence-electron chi connectivity index (χ4n) is 2.49. The van der Waals surface area contributed by atoms with Gasteiger partial charge in [0.15, 0.2) is 15.8 Å². The number of aromatic nitrogens is 2. The second kappa shape index (κ2) is 9.63. The van der Waals surface area contributed by atoms with Crippen LogP contribution in [0.15, 0.2) is 22.5 Å². The maximum absolute atomic E-state index is 12.7. The largest absolute Gasteiger partial charge is 0.493 e.